The van der Waals surface area contributed by atoms with Gasteiger partial charge in [0, 0.05) is 18.3 Å². The number of aliphatic hydroxyl groups is 1. The molecule has 2 rings (SSSR count). The van der Waals surface area contributed by atoms with Crippen LogP contribution in [-0.4, -0.2) is 14.9 Å². The molecule has 0 spiro atoms. The van der Waals surface area contributed by atoms with Crippen LogP contribution in [0.15, 0.2) is 11.4 Å². The fourth-order valence-electron chi connectivity index (χ4n) is 2.34. The Kier molecular flexibility index (Phi) is 4.04. The molecule has 0 radical (unpaired) electrons. The van der Waals surface area contributed by atoms with E-state index in [0.29, 0.717) is 11.4 Å². The lowest BCUT2D eigenvalue weighted by atomic mass is 9.95. The van der Waals surface area contributed by atoms with E-state index in [0.717, 1.165) is 28.2 Å². The zero-order valence-electron chi connectivity index (χ0n) is 11.7. The lowest BCUT2D eigenvalue weighted by Crippen LogP contribution is -2.25. The molecule has 0 aliphatic rings. The summed E-state index contributed by atoms with van der Waals surface area (Å²) in [4.78, 5) is 0.989. The van der Waals surface area contributed by atoms with Gasteiger partial charge < -0.3 is 5.11 Å². The van der Waals surface area contributed by atoms with Crippen LogP contribution in [0, 0.1) is 6.92 Å². The van der Waals surface area contributed by atoms with E-state index in [1.165, 1.54) is 0 Å². The summed E-state index contributed by atoms with van der Waals surface area (Å²) < 4.78 is 1.78. The lowest BCUT2D eigenvalue weighted by molar-refractivity contribution is 0.0589. The summed E-state index contributed by atoms with van der Waals surface area (Å²) in [6.07, 6.45) is 1.27. The second-order valence-corrected chi connectivity index (χ2v) is 6.36. The lowest BCUT2D eigenvalue weighted by Gasteiger charge is -2.23. The van der Waals surface area contributed by atoms with Crippen LogP contribution >= 0.6 is 22.9 Å². The van der Waals surface area contributed by atoms with Gasteiger partial charge >= 0.3 is 0 Å². The second-order valence-electron chi connectivity index (χ2n) is 5.07. The maximum Gasteiger partial charge on any atom is 0.102 e. The smallest absolute Gasteiger partial charge is 0.102 e. The Morgan fingerprint density at radius 3 is 2.68 bits per heavy atom. The van der Waals surface area contributed by atoms with Gasteiger partial charge in [0.25, 0.3) is 0 Å². The molecule has 0 aromatic carbocycles. The van der Waals surface area contributed by atoms with E-state index >= 15 is 0 Å². The molecule has 0 aliphatic carbocycles. The molecule has 0 aliphatic heterocycles. The van der Waals surface area contributed by atoms with E-state index in [9.17, 15) is 5.11 Å². The van der Waals surface area contributed by atoms with Gasteiger partial charge in [-0.1, -0.05) is 18.5 Å². The van der Waals surface area contributed by atoms with Gasteiger partial charge in [-0.2, -0.15) is 5.10 Å². The molecule has 2 aromatic rings. The average Bonchev–Trinajstić information content (AvgIpc) is 2.88. The molecule has 1 unspecified atom stereocenters. The van der Waals surface area contributed by atoms with Gasteiger partial charge in [0.2, 0.25) is 0 Å². The molecule has 0 amide bonds. The molecule has 2 aromatic heterocycles. The van der Waals surface area contributed by atoms with Gasteiger partial charge in [0.1, 0.15) is 5.60 Å². The number of aryl methyl sites for hydroxylation is 3. The van der Waals surface area contributed by atoms with Gasteiger partial charge in [-0.15, -0.1) is 11.3 Å². The first-order valence-corrected chi connectivity index (χ1v) is 7.59. The summed E-state index contributed by atoms with van der Waals surface area (Å²) in [5.41, 5.74) is 1.97. The van der Waals surface area contributed by atoms with E-state index in [1.54, 1.807) is 16.0 Å². The number of nitrogens with zero attached hydrogens (tertiary/aromatic N) is 2. The van der Waals surface area contributed by atoms with Crippen molar-refractivity contribution in [1.82, 2.24) is 9.78 Å². The third-order valence-corrected chi connectivity index (χ3v) is 5.07. The van der Waals surface area contributed by atoms with Crippen LogP contribution < -0.4 is 0 Å². The quantitative estimate of drug-likeness (QED) is 0.939. The van der Waals surface area contributed by atoms with E-state index in [1.807, 2.05) is 39.3 Å². The zero-order valence-corrected chi connectivity index (χ0v) is 13.3. The molecule has 2 heterocycles. The van der Waals surface area contributed by atoms with Crippen molar-refractivity contribution in [3.8, 4) is 0 Å². The van der Waals surface area contributed by atoms with Crippen molar-refractivity contribution < 1.29 is 5.11 Å². The van der Waals surface area contributed by atoms with Crippen molar-refractivity contribution in [1.29, 1.82) is 0 Å². The maximum absolute atomic E-state index is 10.8. The average molecular weight is 299 g/mol. The van der Waals surface area contributed by atoms with Crippen molar-refractivity contribution in [3.63, 3.8) is 0 Å². The second kappa shape index (κ2) is 5.27. The summed E-state index contributed by atoms with van der Waals surface area (Å²) in [6.45, 7) is 5.88. The highest BCUT2D eigenvalue weighted by Gasteiger charge is 2.29. The summed E-state index contributed by atoms with van der Waals surface area (Å²) in [6, 6.07) is 2.02. The minimum atomic E-state index is -0.916. The summed E-state index contributed by atoms with van der Waals surface area (Å²) >= 11 is 7.92. The van der Waals surface area contributed by atoms with Crippen molar-refractivity contribution >= 4 is 22.9 Å². The molecule has 104 valence electrons. The monoisotopic (exact) mass is 298 g/mol. The first-order valence-electron chi connectivity index (χ1n) is 6.34. The molecule has 0 bridgehead atoms. The van der Waals surface area contributed by atoms with Crippen LogP contribution in [0.4, 0.5) is 0 Å². The van der Waals surface area contributed by atoms with Gasteiger partial charge in [-0.05, 0) is 37.3 Å². The summed E-state index contributed by atoms with van der Waals surface area (Å²) in [7, 11) is 1.87. The van der Waals surface area contributed by atoms with Gasteiger partial charge in [0.15, 0.2) is 0 Å². The molecule has 1 atom stereocenters. The number of aromatic nitrogens is 2. The Bertz CT molecular complexity index is 586. The first-order chi connectivity index (χ1) is 8.86. The first kappa shape index (κ1) is 14.6. The third-order valence-electron chi connectivity index (χ3n) is 3.37. The molecular formula is C14H19ClN2OS. The topological polar surface area (TPSA) is 38.0 Å². The van der Waals surface area contributed by atoms with Gasteiger partial charge in [-0.3, -0.25) is 4.68 Å². The van der Waals surface area contributed by atoms with Crippen LogP contribution in [0.5, 0.6) is 0 Å². The minimum absolute atomic E-state index is 0.469. The zero-order chi connectivity index (χ0) is 14.2. The molecule has 1 N–H and O–H groups in total. The highest BCUT2D eigenvalue weighted by atomic mass is 35.5. The summed E-state index contributed by atoms with van der Waals surface area (Å²) in [5.74, 6) is 0. The van der Waals surface area contributed by atoms with E-state index < -0.39 is 5.60 Å². The van der Waals surface area contributed by atoms with Crippen LogP contribution in [0.25, 0.3) is 0 Å². The highest BCUT2D eigenvalue weighted by Crippen LogP contribution is 2.34. The number of thiophene rings is 1. The Morgan fingerprint density at radius 2 is 2.21 bits per heavy atom. The fourth-order valence-corrected chi connectivity index (χ4v) is 3.69. The molecular weight excluding hydrogens is 280 g/mol. The fraction of sp³-hybridized carbons (Fsp3) is 0.500. The number of halogens is 1. The molecule has 19 heavy (non-hydrogen) atoms. The molecule has 3 nitrogen and oxygen atoms in total. The van der Waals surface area contributed by atoms with Crippen LogP contribution in [0.1, 0.15) is 35.7 Å². The number of hydrogen-bond donors (Lipinski definition) is 1. The molecule has 5 heteroatoms. The molecule has 0 saturated carbocycles. The highest BCUT2D eigenvalue weighted by molar-refractivity contribution is 7.10. The molecule has 0 fully saturated rings. The van der Waals surface area contributed by atoms with Crippen molar-refractivity contribution in [3.05, 3.63) is 38.3 Å². The van der Waals surface area contributed by atoms with E-state index in [4.69, 9.17) is 11.6 Å². The predicted molar refractivity (Wildman–Crippen MR) is 79.9 cm³/mol. The Labute approximate surface area is 122 Å². The SMILES string of the molecule is CCc1nn(C)c(CC(C)(O)c2sccc2C)c1Cl. The standard InChI is InChI=1S/C14H19ClN2OS/c1-5-10-12(15)11(17(4)16-10)8-14(3,18)13-9(2)6-7-19-13/h6-7,18H,5,8H2,1-4H3. The number of rotatable bonds is 4. The summed E-state index contributed by atoms with van der Waals surface area (Å²) in [5, 5.41) is 17.8. The Balaban J connectivity index is 2.36. The van der Waals surface area contributed by atoms with Crippen molar-refractivity contribution in [2.45, 2.75) is 39.2 Å². The van der Waals surface area contributed by atoms with Gasteiger partial charge in [-0.25, -0.2) is 0 Å². The maximum atomic E-state index is 10.8. The van der Waals surface area contributed by atoms with Crippen molar-refractivity contribution in [2.24, 2.45) is 7.05 Å². The van der Waals surface area contributed by atoms with Crippen molar-refractivity contribution in [2.75, 3.05) is 0 Å². The van der Waals surface area contributed by atoms with Crippen LogP contribution in [-0.2, 0) is 25.5 Å². The normalized spacial score (nSPS) is 14.6. The molecule has 0 saturated heterocycles. The Morgan fingerprint density at radius 1 is 1.53 bits per heavy atom. The number of hydrogen-bond acceptors (Lipinski definition) is 3. The largest absolute Gasteiger partial charge is 0.384 e. The van der Waals surface area contributed by atoms with E-state index in [-0.39, 0.29) is 0 Å². The Hall–Kier alpha value is -0.840. The van der Waals surface area contributed by atoms with E-state index in [2.05, 4.69) is 5.10 Å². The van der Waals surface area contributed by atoms with Crippen LogP contribution in [0.2, 0.25) is 5.02 Å². The predicted octanol–water partition coefficient (Wildman–Crippen LogP) is 3.46. The van der Waals surface area contributed by atoms with Crippen LogP contribution in [0.3, 0.4) is 0 Å². The van der Waals surface area contributed by atoms with Gasteiger partial charge in [0.05, 0.1) is 16.4 Å². The third kappa shape index (κ3) is 2.71. The minimum Gasteiger partial charge on any atom is -0.384 e.